The summed E-state index contributed by atoms with van der Waals surface area (Å²) in [5, 5.41) is 8.63. The van der Waals surface area contributed by atoms with Gasteiger partial charge in [0.1, 0.15) is 33.5 Å². The molecule has 0 amide bonds. The van der Waals surface area contributed by atoms with E-state index in [0.29, 0.717) is 17.6 Å². The molecule has 0 fully saturated rings. The molecule has 15 rings (SSSR count). The quantitative estimate of drug-likeness (QED) is 0.165. The molecule has 15 aromatic rings. The van der Waals surface area contributed by atoms with Gasteiger partial charge in [-0.15, -0.1) is 0 Å². The van der Waals surface area contributed by atoms with E-state index in [4.69, 9.17) is 28.2 Å². The Hall–Kier alpha value is -9.59. The Bertz CT molecular complexity index is 4610. The second-order valence-electron chi connectivity index (χ2n) is 17.9. The summed E-state index contributed by atoms with van der Waals surface area (Å²) in [4.78, 5) is 15.9. The van der Waals surface area contributed by atoms with Crippen molar-refractivity contribution in [3.63, 3.8) is 0 Å². The van der Waals surface area contributed by atoms with E-state index in [-0.39, 0.29) is 0 Å². The molecule has 0 atom stereocenters. The number of benzene rings is 10. The fourth-order valence-corrected chi connectivity index (χ4v) is 10.6. The number of hydrogen-bond acceptors (Lipinski definition) is 6. The summed E-state index contributed by atoms with van der Waals surface area (Å²) in [6, 6.07) is 75.8. The molecule has 7 heteroatoms. The highest BCUT2D eigenvalue weighted by atomic mass is 16.3. The minimum Gasteiger partial charge on any atom is -0.456 e. The van der Waals surface area contributed by atoms with Crippen LogP contribution in [0.3, 0.4) is 0 Å². The van der Waals surface area contributed by atoms with Crippen molar-refractivity contribution in [3.8, 4) is 62.1 Å². The number of para-hydroxylation sites is 5. The fraction of sp³-hybridized carbons (Fsp3) is 0. The number of nitrogens with zero attached hydrogens (tertiary/aromatic N) is 4. The zero-order chi connectivity index (χ0) is 45.9. The van der Waals surface area contributed by atoms with E-state index < -0.39 is 0 Å². The summed E-state index contributed by atoms with van der Waals surface area (Å²) in [5.41, 5.74) is 15.0. The van der Waals surface area contributed by atoms with E-state index in [0.717, 1.165) is 132 Å². The highest BCUT2D eigenvalue weighted by Crippen LogP contribution is 2.43. The summed E-state index contributed by atoms with van der Waals surface area (Å²) in [7, 11) is 0. The van der Waals surface area contributed by atoms with Crippen LogP contribution in [0.5, 0.6) is 0 Å². The Labute approximate surface area is 399 Å². The predicted octanol–water partition coefficient (Wildman–Crippen LogP) is 17.0. The number of fused-ring (bicyclic) bond motifs is 12. The van der Waals surface area contributed by atoms with Crippen molar-refractivity contribution in [3.05, 3.63) is 218 Å². The maximum atomic E-state index is 6.59. The lowest BCUT2D eigenvalue weighted by Crippen LogP contribution is -2.07. The minimum absolute atomic E-state index is 0.500. The lowest BCUT2D eigenvalue weighted by molar-refractivity contribution is 0.668. The van der Waals surface area contributed by atoms with Gasteiger partial charge in [-0.3, -0.25) is 4.57 Å². The molecular weight excluding hydrogens is 861 g/mol. The van der Waals surface area contributed by atoms with Crippen molar-refractivity contribution in [2.24, 2.45) is 0 Å². The van der Waals surface area contributed by atoms with E-state index in [9.17, 15) is 0 Å². The van der Waals surface area contributed by atoms with Crippen molar-refractivity contribution in [2.45, 2.75) is 0 Å². The maximum Gasteiger partial charge on any atom is 0.238 e. The Morgan fingerprint density at radius 1 is 0.286 bits per heavy atom. The van der Waals surface area contributed by atoms with Gasteiger partial charge in [-0.1, -0.05) is 158 Å². The third kappa shape index (κ3) is 5.91. The molecular formula is C63H36N4O3. The summed E-state index contributed by atoms with van der Waals surface area (Å²) in [6.45, 7) is 0. The first-order valence-electron chi connectivity index (χ1n) is 23.4. The third-order valence-electron chi connectivity index (χ3n) is 13.9. The molecule has 7 nitrogen and oxygen atoms in total. The maximum absolute atomic E-state index is 6.59. The van der Waals surface area contributed by atoms with Crippen molar-refractivity contribution in [2.75, 3.05) is 0 Å². The van der Waals surface area contributed by atoms with Crippen LogP contribution in [0.1, 0.15) is 0 Å². The van der Waals surface area contributed by atoms with Crippen molar-refractivity contribution in [1.29, 1.82) is 0 Å². The Kier molecular flexibility index (Phi) is 8.23. The zero-order valence-electron chi connectivity index (χ0n) is 37.3. The van der Waals surface area contributed by atoms with Crippen LogP contribution in [-0.4, -0.2) is 19.5 Å². The zero-order valence-corrected chi connectivity index (χ0v) is 37.3. The highest BCUT2D eigenvalue weighted by molar-refractivity contribution is 6.16. The van der Waals surface area contributed by atoms with Gasteiger partial charge in [-0.2, -0.15) is 9.97 Å². The van der Waals surface area contributed by atoms with E-state index >= 15 is 0 Å². The molecule has 70 heavy (non-hydrogen) atoms. The Balaban J connectivity index is 0.978. The van der Waals surface area contributed by atoms with Crippen molar-refractivity contribution in [1.82, 2.24) is 19.5 Å². The molecule has 0 aliphatic carbocycles. The molecule has 0 bridgehead atoms. The second kappa shape index (κ2) is 15.0. The van der Waals surface area contributed by atoms with Crippen molar-refractivity contribution >= 4 is 87.6 Å². The molecule has 0 aliphatic heterocycles. The van der Waals surface area contributed by atoms with Gasteiger partial charge in [-0.05, 0) is 82.9 Å². The summed E-state index contributed by atoms with van der Waals surface area (Å²) < 4.78 is 21.5. The predicted molar refractivity (Wildman–Crippen MR) is 283 cm³/mol. The molecule has 326 valence electrons. The van der Waals surface area contributed by atoms with Gasteiger partial charge in [0.2, 0.25) is 5.95 Å². The molecule has 10 aromatic carbocycles. The van der Waals surface area contributed by atoms with Crippen molar-refractivity contribution < 1.29 is 13.3 Å². The average molecular weight is 897 g/mol. The van der Waals surface area contributed by atoms with Crippen LogP contribution in [0.15, 0.2) is 232 Å². The van der Waals surface area contributed by atoms with Gasteiger partial charge in [0.05, 0.1) is 11.0 Å². The van der Waals surface area contributed by atoms with E-state index in [1.165, 1.54) is 0 Å². The number of furan rings is 3. The van der Waals surface area contributed by atoms with Crippen LogP contribution < -0.4 is 0 Å². The second-order valence-corrected chi connectivity index (χ2v) is 17.9. The number of aromatic nitrogens is 4. The molecule has 0 spiro atoms. The van der Waals surface area contributed by atoms with Crippen LogP contribution in [0, 0.1) is 0 Å². The molecule has 0 N–H and O–H groups in total. The van der Waals surface area contributed by atoms with E-state index in [1.54, 1.807) is 0 Å². The van der Waals surface area contributed by atoms with Crippen LogP contribution in [0.2, 0.25) is 0 Å². The fourth-order valence-electron chi connectivity index (χ4n) is 10.6. The lowest BCUT2D eigenvalue weighted by Gasteiger charge is -2.13. The molecule has 0 saturated heterocycles. The van der Waals surface area contributed by atoms with Gasteiger partial charge in [0.15, 0.2) is 11.6 Å². The lowest BCUT2D eigenvalue weighted by atomic mass is 9.96. The highest BCUT2D eigenvalue weighted by Gasteiger charge is 2.23. The monoisotopic (exact) mass is 896 g/mol. The van der Waals surface area contributed by atoms with Gasteiger partial charge in [0, 0.05) is 65.3 Å². The first-order chi connectivity index (χ1) is 34.7. The van der Waals surface area contributed by atoms with Crippen LogP contribution >= 0.6 is 0 Å². The summed E-state index contributed by atoms with van der Waals surface area (Å²) >= 11 is 0. The van der Waals surface area contributed by atoms with Crippen LogP contribution in [0.25, 0.3) is 150 Å². The van der Waals surface area contributed by atoms with Gasteiger partial charge in [0.25, 0.3) is 0 Å². The van der Waals surface area contributed by atoms with Crippen LogP contribution in [-0.2, 0) is 0 Å². The molecule has 0 radical (unpaired) electrons. The minimum atomic E-state index is 0.500. The summed E-state index contributed by atoms with van der Waals surface area (Å²) in [6.07, 6.45) is 0. The SMILES string of the molecule is c1ccc(-c2nc(-c3ccc4c(c3)oc3ccccc34)nc(-n3c4ccc(-c5cccc6c5oc5ccccc56)cc4c4cccc(-c5cccc(-c6ccc7c(c6)oc6ccccc67)c5)c43)n2)cc1. The van der Waals surface area contributed by atoms with Crippen LogP contribution in [0.4, 0.5) is 0 Å². The van der Waals surface area contributed by atoms with E-state index in [1.807, 2.05) is 78.9 Å². The number of rotatable bonds is 6. The van der Waals surface area contributed by atoms with Gasteiger partial charge < -0.3 is 13.3 Å². The molecule has 5 aromatic heterocycles. The summed E-state index contributed by atoms with van der Waals surface area (Å²) in [5.74, 6) is 1.60. The van der Waals surface area contributed by atoms with Gasteiger partial charge >= 0.3 is 0 Å². The van der Waals surface area contributed by atoms with Gasteiger partial charge in [-0.25, -0.2) is 4.98 Å². The average Bonchev–Trinajstić information content (AvgIpc) is 4.19. The molecule has 0 aliphatic rings. The normalized spacial score (nSPS) is 12.0. The Morgan fingerprint density at radius 3 is 1.53 bits per heavy atom. The molecule has 5 heterocycles. The largest absolute Gasteiger partial charge is 0.456 e. The first kappa shape index (κ1) is 38.5. The smallest absolute Gasteiger partial charge is 0.238 e. The standard InChI is InChI=1S/C63H36N4O3/c1-2-13-37(14-3-1)61-64-62(42-28-31-49-46-18-5-8-25-55(46)69-58(49)36-42)66-63(65-61)67-53-32-29-41(44-21-12-23-51-47-19-6-9-26-56(47)70-60(44)51)34-52(53)50-22-11-20-43(59(50)67)40-16-10-15-38(33-40)39-27-30-48-45-17-4-7-24-54(45)68-57(48)35-39/h1-36H. The van der Waals surface area contributed by atoms with E-state index in [2.05, 4.69) is 144 Å². The topological polar surface area (TPSA) is 83.0 Å². The molecule has 0 saturated carbocycles. The third-order valence-corrected chi connectivity index (χ3v) is 13.9. The molecule has 0 unspecified atom stereocenters. The first-order valence-corrected chi connectivity index (χ1v) is 23.4. The Morgan fingerprint density at radius 2 is 0.786 bits per heavy atom. The number of hydrogen-bond donors (Lipinski definition) is 0.